The van der Waals surface area contributed by atoms with Gasteiger partial charge in [-0.15, -0.1) is 0 Å². The van der Waals surface area contributed by atoms with E-state index in [1.54, 1.807) is 4.57 Å². The summed E-state index contributed by atoms with van der Waals surface area (Å²) in [5.74, 6) is -1.01. The molecule has 1 aromatic heterocycles. The zero-order valence-corrected chi connectivity index (χ0v) is 9.76. The van der Waals surface area contributed by atoms with Crippen molar-refractivity contribution in [2.24, 2.45) is 0 Å². The van der Waals surface area contributed by atoms with Crippen LogP contribution >= 0.6 is 11.6 Å². The number of halogens is 1. The first-order valence-electron chi connectivity index (χ1n) is 5.14. The largest absolute Gasteiger partial charge is 0.476 e. The average Bonchev–Trinajstić information content (AvgIpc) is 2.75. The quantitative estimate of drug-likeness (QED) is 0.907. The Bertz CT molecular complexity index is 537. The molecular weight excluding hydrogens is 240 g/mol. The highest BCUT2D eigenvalue weighted by molar-refractivity contribution is 6.30. The highest BCUT2D eigenvalue weighted by Gasteiger charge is 2.06. The number of aromatic carboxylic acids is 1. The Morgan fingerprint density at radius 1 is 1.47 bits per heavy atom. The predicted octanol–water partition coefficient (Wildman–Crippen LogP) is 2.48. The fraction of sp³-hybridized carbons (Fsp3) is 0.167. The average molecular weight is 251 g/mol. The topological polar surface area (TPSA) is 55.1 Å². The molecule has 0 aliphatic heterocycles. The number of carbonyl (C=O) groups is 1. The van der Waals surface area contributed by atoms with Crippen molar-refractivity contribution >= 4 is 17.6 Å². The van der Waals surface area contributed by atoms with Gasteiger partial charge in [0.15, 0.2) is 5.69 Å². The molecule has 1 aromatic carbocycles. The van der Waals surface area contributed by atoms with Crippen LogP contribution in [0.2, 0.25) is 5.02 Å². The second kappa shape index (κ2) is 5.01. The van der Waals surface area contributed by atoms with E-state index in [9.17, 15) is 4.79 Å². The van der Waals surface area contributed by atoms with Crippen molar-refractivity contribution in [1.29, 1.82) is 0 Å². The Hall–Kier alpha value is -1.81. The Morgan fingerprint density at radius 2 is 2.29 bits per heavy atom. The molecule has 0 saturated heterocycles. The van der Waals surface area contributed by atoms with Gasteiger partial charge in [-0.3, -0.25) is 0 Å². The number of hydrogen-bond acceptors (Lipinski definition) is 2. The van der Waals surface area contributed by atoms with Gasteiger partial charge in [-0.1, -0.05) is 23.7 Å². The Balaban J connectivity index is 2.00. The molecule has 0 unspecified atom stereocenters. The molecule has 0 aliphatic carbocycles. The maximum Gasteiger partial charge on any atom is 0.356 e. The summed E-state index contributed by atoms with van der Waals surface area (Å²) < 4.78 is 1.75. The molecular formula is C12H11ClN2O2. The lowest BCUT2D eigenvalue weighted by atomic mass is 10.1. The molecule has 0 spiro atoms. The molecule has 2 aromatic rings. The van der Waals surface area contributed by atoms with E-state index in [2.05, 4.69) is 4.98 Å². The Kier molecular flexibility index (Phi) is 3.44. The fourth-order valence-electron chi connectivity index (χ4n) is 1.54. The summed E-state index contributed by atoms with van der Waals surface area (Å²) in [6.45, 7) is 0.681. The van der Waals surface area contributed by atoms with E-state index in [0.29, 0.717) is 11.6 Å². The minimum atomic E-state index is -1.01. The van der Waals surface area contributed by atoms with E-state index in [1.165, 1.54) is 12.5 Å². The van der Waals surface area contributed by atoms with E-state index >= 15 is 0 Å². The van der Waals surface area contributed by atoms with Crippen molar-refractivity contribution in [2.75, 3.05) is 0 Å². The van der Waals surface area contributed by atoms with Crippen molar-refractivity contribution < 1.29 is 9.90 Å². The first-order valence-corrected chi connectivity index (χ1v) is 5.52. The number of carboxylic acids is 1. The summed E-state index contributed by atoms with van der Waals surface area (Å²) in [5, 5.41) is 9.43. The third kappa shape index (κ3) is 3.07. The minimum absolute atomic E-state index is 0.0658. The van der Waals surface area contributed by atoms with E-state index in [1.807, 2.05) is 24.3 Å². The molecule has 1 N–H and O–H groups in total. The smallest absolute Gasteiger partial charge is 0.356 e. The number of hydrogen-bond donors (Lipinski definition) is 1. The van der Waals surface area contributed by atoms with Gasteiger partial charge < -0.3 is 9.67 Å². The third-order valence-corrected chi connectivity index (χ3v) is 2.64. The number of rotatable bonds is 4. The lowest BCUT2D eigenvalue weighted by Crippen LogP contribution is -1.99. The van der Waals surface area contributed by atoms with Gasteiger partial charge in [0.05, 0.1) is 6.33 Å². The van der Waals surface area contributed by atoms with Gasteiger partial charge in [-0.25, -0.2) is 9.78 Å². The number of benzene rings is 1. The van der Waals surface area contributed by atoms with Crippen molar-refractivity contribution in [2.45, 2.75) is 13.0 Å². The van der Waals surface area contributed by atoms with Crippen LogP contribution < -0.4 is 0 Å². The standard InChI is InChI=1S/C12H11ClN2O2/c13-10-3-1-2-9(6-10)4-5-15-7-11(12(16)17)14-8-15/h1-3,6-8H,4-5H2,(H,16,17). The van der Waals surface area contributed by atoms with Crippen LogP contribution in [0.5, 0.6) is 0 Å². The van der Waals surface area contributed by atoms with Gasteiger partial charge in [-0.2, -0.15) is 0 Å². The summed E-state index contributed by atoms with van der Waals surface area (Å²) >= 11 is 5.88. The third-order valence-electron chi connectivity index (χ3n) is 2.40. The second-order valence-electron chi connectivity index (χ2n) is 3.68. The lowest BCUT2D eigenvalue weighted by Gasteiger charge is -2.02. The molecule has 1 heterocycles. The number of nitrogens with zero attached hydrogens (tertiary/aromatic N) is 2. The molecule has 0 atom stereocenters. The van der Waals surface area contributed by atoms with Crippen molar-refractivity contribution in [3.8, 4) is 0 Å². The number of carboxylic acid groups (broad SMARTS) is 1. The van der Waals surface area contributed by atoms with Gasteiger partial charge in [0.25, 0.3) is 0 Å². The summed E-state index contributed by atoms with van der Waals surface area (Å²) in [6.07, 6.45) is 3.83. The summed E-state index contributed by atoms with van der Waals surface area (Å²) in [6, 6.07) is 7.61. The monoisotopic (exact) mass is 250 g/mol. The first kappa shape index (κ1) is 11.7. The second-order valence-corrected chi connectivity index (χ2v) is 4.12. The molecule has 0 bridgehead atoms. The predicted molar refractivity (Wildman–Crippen MR) is 64.3 cm³/mol. The molecule has 0 aliphatic rings. The van der Waals surface area contributed by atoms with Gasteiger partial charge in [0.1, 0.15) is 0 Å². The molecule has 5 heteroatoms. The number of aryl methyl sites for hydroxylation is 2. The van der Waals surface area contributed by atoms with Crippen LogP contribution in [-0.2, 0) is 13.0 Å². The number of imidazole rings is 1. The van der Waals surface area contributed by atoms with Gasteiger partial charge >= 0.3 is 5.97 Å². The van der Waals surface area contributed by atoms with E-state index in [4.69, 9.17) is 16.7 Å². The van der Waals surface area contributed by atoms with Crippen LogP contribution in [0, 0.1) is 0 Å². The van der Waals surface area contributed by atoms with E-state index < -0.39 is 5.97 Å². The van der Waals surface area contributed by atoms with Crippen LogP contribution in [0.15, 0.2) is 36.8 Å². The Morgan fingerprint density at radius 3 is 2.94 bits per heavy atom. The first-order chi connectivity index (χ1) is 8.15. The van der Waals surface area contributed by atoms with Crippen LogP contribution in [0.1, 0.15) is 16.1 Å². The van der Waals surface area contributed by atoms with E-state index in [0.717, 1.165) is 12.0 Å². The maximum atomic E-state index is 10.6. The minimum Gasteiger partial charge on any atom is -0.476 e. The highest BCUT2D eigenvalue weighted by Crippen LogP contribution is 2.11. The van der Waals surface area contributed by atoms with Gasteiger partial charge in [0, 0.05) is 17.8 Å². The summed E-state index contributed by atoms with van der Waals surface area (Å²) in [7, 11) is 0. The van der Waals surface area contributed by atoms with Crippen molar-refractivity contribution in [3.63, 3.8) is 0 Å². The van der Waals surface area contributed by atoms with Crippen LogP contribution in [-0.4, -0.2) is 20.6 Å². The molecule has 4 nitrogen and oxygen atoms in total. The van der Waals surface area contributed by atoms with E-state index in [-0.39, 0.29) is 5.69 Å². The molecule has 17 heavy (non-hydrogen) atoms. The Labute approximate surface area is 103 Å². The molecule has 0 amide bonds. The highest BCUT2D eigenvalue weighted by atomic mass is 35.5. The van der Waals surface area contributed by atoms with Crippen molar-refractivity contribution in [3.05, 3.63) is 53.1 Å². The molecule has 88 valence electrons. The molecule has 2 rings (SSSR count). The lowest BCUT2D eigenvalue weighted by molar-refractivity contribution is 0.0691. The zero-order chi connectivity index (χ0) is 12.3. The molecule has 0 fully saturated rings. The van der Waals surface area contributed by atoms with Crippen LogP contribution in [0.3, 0.4) is 0 Å². The summed E-state index contributed by atoms with van der Waals surface area (Å²) in [4.78, 5) is 14.4. The molecule has 0 radical (unpaired) electrons. The SMILES string of the molecule is O=C(O)c1cn(CCc2cccc(Cl)c2)cn1. The maximum absolute atomic E-state index is 10.6. The normalized spacial score (nSPS) is 10.4. The van der Waals surface area contributed by atoms with Crippen LogP contribution in [0.4, 0.5) is 0 Å². The van der Waals surface area contributed by atoms with Crippen LogP contribution in [0.25, 0.3) is 0 Å². The summed E-state index contributed by atoms with van der Waals surface area (Å²) in [5.41, 5.74) is 1.18. The van der Waals surface area contributed by atoms with Gasteiger partial charge in [-0.05, 0) is 24.1 Å². The fourth-order valence-corrected chi connectivity index (χ4v) is 1.76. The zero-order valence-electron chi connectivity index (χ0n) is 9.01. The molecule has 0 saturated carbocycles. The van der Waals surface area contributed by atoms with Gasteiger partial charge in [0.2, 0.25) is 0 Å². The van der Waals surface area contributed by atoms with Crippen molar-refractivity contribution in [1.82, 2.24) is 9.55 Å². The number of aromatic nitrogens is 2.